The molecule has 1 aromatic carbocycles. The van der Waals surface area contributed by atoms with Crippen LogP contribution in [0.4, 0.5) is 0 Å². The summed E-state index contributed by atoms with van der Waals surface area (Å²) in [7, 11) is 2.72. The third-order valence-corrected chi connectivity index (χ3v) is 3.84. The fourth-order valence-electron chi connectivity index (χ4n) is 2.69. The first-order valence-electron chi connectivity index (χ1n) is 6.58. The first-order valence-corrected chi connectivity index (χ1v) is 6.58. The summed E-state index contributed by atoms with van der Waals surface area (Å²) in [6.45, 7) is 1.97. The van der Waals surface area contributed by atoms with Gasteiger partial charge in [0.2, 0.25) is 0 Å². The van der Waals surface area contributed by atoms with E-state index in [9.17, 15) is 9.59 Å². The van der Waals surface area contributed by atoms with Gasteiger partial charge in [-0.2, -0.15) is 0 Å². The van der Waals surface area contributed by atoms with Gasteiger partial charge in [-0.25, -0.2) is 0 Å². The Morgan fingerprint density at radius 1 is 1.10 bits per heavy atom. The van der Waals surface area contributed by atoms with Crippen LogP contribution in [-0.4, -0.2) is 43.1 Å². The van der Waals surface area contributed by atoms with Crippen LogP contribution < -0.4 is 0 Å². The Bertz CT molecular complexity index is 466. The first kappa shape index (κ1) is 14.5. The Morgan fingerprint density at radius 2 is 1.60 bits per heavy atom. The van der Waals surface area contributed by atoms with Gasteiger partial charge in [0.15, 0.2) is 0 Å². The Labute approximate surface area is 118 Å². The Balaban J connectivity index is 2.22. The molecule has 1 fully saturated rings. The SMILES string of the molecule is COC(=O)[C@H]1C[C@H](C(=O)OC)N1[C@@H](C)c1ccccc1. The van der Waals surface area contributed by atoms with E-state index in [1.807, 2.05) is 42.2 Å². The molecule has 0 saturated carbocycles. The van der Waals surface area contributed by atoms with Crippen molar-refractivity contribution in [3.63, 3.8) is 0 Å². The lowest BCUT2D eigenvalue weighted by molar-refractivity contribution is -0.171. The molecule has 1 saturated heterocycles. The van der Waals surface area contributed by atoms with Gasteiger partial charge in [0.25, 0.3) is 0 Å². The summed E-state index contributed by atoms with van der Waals surface area (Å²) >= 11 is 0. The average molecular weight is 277 g/mol. The highest BCUT2D eigenvalue weighted by molar-refractivity contribution is 5.84. The molecular formula is C15H19NO4. The van der Waals surface area contributed by atoms with Crippen LogP contribution in [0.3, 0.4) is 0 Å². The molecule has 0 unspecified atom stereocenters. The Morgan fingerprint density at radius 3 is 2.05 bits per heavy atom. The number of nitrogens with zero attached hydrogens (tertiary/aromatic N) is 1. The smallest absolute Gasteiger partial charge is 0.323 e. The highest BCUT2D eigenvalue weighted by Crippen LogP contribution is 2.36. The van der Waals surface area contributed by atoms with Crippen molar-refractivity contribution >= 4 is 11.9 Å². The van der Waals surface area contributed by atoms with Crippen molar-refractivity contribution in [2.45, 2.75) is 31.5 Å². The van der Waals surface area contributed by atoms with E-state index in [4.69, 9.17) is 9.47 Å². The van der Waals surface area contributed by atoms with Gasteiger partial charge in [0.05, 0.1) is 14.2 Å². The summed E-state index contributed by atoms with van der Waals surface area (Å²) in [5.74, 6) is -0.624. The number of esters is 2. The maximum absolute atomic E-state index is 11.8. The van der Waals surface area contributed by atoms with Crippen LogP contribution in [0.5, 0.6) is 0 Å². The standard InChI is InChI=1S/C15H19NO4/c1-10(11-7-5-4-6-8-11)16-12(14(17)19-2)9-13(16)15(18)20-3/h4-8,10,12-13H,9H2,1-3H3/t10-,12+,13+/m0/s1. The molecule has 2 rings (SSSR count). The first-order chi connectivity index (χ1) is 9.60. The lowest BCUT2D eigenvalue weighted by atomic mass is 9.88. The second kappa shape index (κ2) is 6.05. The molecule has 0 radical (unpaired) electrons. The van der Waals surface area contributed by atoms with Gasteiger partial charge in [0, 0.05) is 6.04 Å². The molecular weight excluding hydrogens is 258 g/mol. The number of ether oxygens (including phenoxy) is 2. The number of benzene rings is 1. The molecule has 1 aliphatic rings. The molecule has 5 heteroatoms. The average Bonchev–Trinajstić information content (AvgIpc) is 2.46. The van der Waals surface area contributed by atoms with Gasteiger partial charge in [-0.15, -0.1) is 0 Å². The maximum Gasteiger partial charge on any atom is 0.323 e. The van der Waals surface area contributed by atoms with E-state index in [2.05, 4.69) is 0 Å². The molecule has 0 amide bonds. The fourth-order valence-corrected chi connectivity index (χ4v) is 2.69. The van der Waals surface area contributed by atoms with Crippen LogP contribution in [0.1, 0.15) is 24.9 Å². The van der Waals surface area contributed by atoms with Crippen LogP contribution in [0.25, 0.3) is 0 Å². The minimum Gasteiger partial charge on any atom is -0.468 e. The highest BCUT2D eigenvalue weighted by Gasteiger charge is 2.50. The predicted octanol–water partition coefficient (Wildman–Crippen LogP) is 1.54. The lowest BCUT2D eigenvalue weighted by Crippen LogP contribution is -2.63. The molecule has 1 aliphatic heterocycles. The molecule has 0 aromatic heterocycles. The van der Waals surface area contributed by atoms with Crippen LogP contribution in [-0.2, 0) is 19.1 Å². The van der Waals surface area contributed by atoms with E-state index in [0.29, 0.717) is 6.42 Å². The van der Waals surface area contributed by atoms with Crippen LogP contribution in [0.15, 0.2) is 30.3 Å². The van der Waals surface area contributed by atoms with Gasteiger partial charge in [-0.3, -0.25) is 14.5 Å². The summed E-state index contributed by atoms with van der Waals surface area (Å²) in [5, 5.41) is 0. The molecule has 1 heterocycles. The maximum atomic E-state index is 11.8. The third kappa shape index (κ3) is 2.54. The molecule has 108 valence electrons. The van der Waals surface area contributed by atoms with E-state index in [-0.39, 0.29) is 30.1 Å². The Kier molecular flexibility index (Phi) is 4.39. The largest absolute Gasteiger partial charge is 0.468 e. The minimum atomic E-state index is -0.390. The number of hydrogen-bond acceptors (Lipinski definition) is 5. The van der Waals surface area contributed by atoms with Crippen molar-refractivity contribution in [1.82, 2.24) is 4.90 Å². The molecule has 1 aromatic rings. The number of likely N-dealkylation sites (tertiary alicyclic amines) is 1. The number of rotatable bonds is 4. The normalized spacial score (nSPS) is 23.6. The second-order valence-corrected chi connectivity index (χ2v) is 4.85. The Hall–Kier alpha value is -1.88. The van der Waals surface area contributed by atoms with Gasteiger partial charge < -0.3 is 9.47 Å². The summed E-state index contributed by atoms with van der Waals surface area (Å²) in [5.41, 5.74) is 1.05. The van der Waals surface area contributed by atoms with Crippen molar-refractivity contribution in [3.05, 3.63) is 35.9 Å². The summed E-state index contributed by atoms with van der Waals surface area (Å²) in [6.07, 6.45) is 0.441. The number of carbonyl (C=O) groups is 2. The van der Waals surface area contributed by atoms with Gasteiger partial charge in [-0.1, -0.05) is 30.3 Å². The molecule has 0 aliphatic carbocycles. The summed E-state index contributed by atoms with van der Waals surface area (Å²) < 4.78 is 9.60. The van der Waals surface area contributed by atoms with E-state index in [0.717, 1.165) is 5.56 Å². The lowest BCUT2D eigenvalue weighted by Gasteiger charge is -2.48. The molecule has 0 spiro atoms. The van der Waals surface area contributed by atoms with E-state index < -0.39 is 0 Å². The zero-order valence-corrected chi connectivity index (χ0v) is 11.9. The quantitative estimate of drug-likeness (QED) is 0.781. The van der Waals surface area contributed by atoms with Crippen molar-refractivity contribution < 1.29 is 19.1 Å². The van der Waals surface area contributed by atoms with Gasteiger partial charge >= 0.3 is 11.9 Å². The van der Waals surface area contributed by atoms with E-state index in [1.54, 1.807) is 0 Å². The van der Waals surface area contributed by atoms with Crippen molar-refractivity contribution in [2.75, 3.05) is 14.2 Å². The second-order valence-electron chi connectivity index (χ2n) is 4.85. The van der Waals surface area contributed by atoms with Crippen LogP contribution >= 0.6 is 0 Å². The van der Waals surface area contributed by atoms with Crippen LogP contribution in [0, 0.1) is 0 Å². The molecule has 5 nitrogen and oxygen atoms in total. The molecule has 20 heavy (non-hydrogen) atoms. The van der Waals surface area contributed by atoms with Crippen molar-refractivity contribution in [1.29, 1.82) is 0 Å². The molecule has 0 N–H and O–H groups in total. The fraction of sp³-hybridized carbons (Fsp3) is 0.467. The minimum absolute atomic E-state index is 0.0573. The van der Waals surface area contributed by atoms with Crippen molar-refractivity contribution in [2.24, 2.45) is 0 Å². The number of carbonyl (C=O) groups excluding carboxylic acids is 2. The predicted molar refractivity (Wildman–Crippen MR) is 72.9 cm³/mol. The molecule has 0 bridgehead atoms. The van der Waals surface area contributed by atoms with E-state index >= 15 is 0 Å². The number of methoxy groups -OCH3 is 2. The zero-order chi connectivity index (χ0) is 14.7. The third-order valence-electron chi connectivity index (χ3n) is 3.84. The monoisotopic (exact) mass is 277 g/mol. The molecule has 3 atom stereocenters. The topological polar surface area (TPSA) is 55.8 Å². The van der Waals surface area contributed by atoms with E-state index in [1.165, 1.54) is 14.2 Å². The van der Waals surface area contributed by atoms with Gasteiger partial charge in [0.1, 0.15) is 12.1 Å². The van der Waals surface area contributed by atoms with Crippen LogP contribution in [0.2, 0.25) is 0 Å². The summed E-state index contributed by atoms with van der Waals surface area (Å²) in [4.78, 5) is 25.4. The highest BCUT2D eigenvalue weighted by atomic mass is 16.5. The van der Waals surface area contributed by atoms with Gasteiger partial charge in [-0.05, 0) is 18.9 Å². The zero-order valence-electron chi connectivity index (χ0n) is 11.9. The van der Waals surface area contributed by atoms with Crippen molar-refractivity contribution in [3.8, 4) is 0 Å². The number of hydrogen-bond donors (Lipinski definition) is 0. The summed E-state index contributed by atoms with van der Waals surface area (Å²) in [6, 6.07) is 8.92.